The first-order chi connectivity index (χ1) is 27.9. The summed E-state index contributed by atoms with van der Waals surface area (Å²) in [5.41, 5.74) is -0.137. The van der Waals surface area contributed by atoms with E-state index in [2.05, 4.69) is 0 Å². The van der Waals surface area contributed by atoms with Gasteiger partial charge in [0.05, 0.1) is 19.6 Å². The average molecular weight is 754 g/mol. The second kappa shape index (κ2) is 13.7. The molecule has 0 N–H and O–H groups in total. The molecule has 6 unspecified atom stereocenters. The molecule has 6 atom stereocenters. The first kappa shape index (κ1) is 35.1. The number of nitrogens with zero attached hydrogens (tertiary/aromatic N) is 3. The van der Waals surface area contributed by atoms with Gasteiger partial charge in [0.25, 0.3) is 0 Å². The van der Waals surface area contributed by atoms with E-state index < -0.39 is 52.2 Å². The predicted molar refractivity (Wildman–Crippen MR) is 214 cm³/mol. The minimum atomic E-state index is -1.05. The normalized spacial score (nSPS) is 25.8. The van der Waals surface area contributed by atoms with Crippen LogP contribution < -0.4 is 17.1 Å². The SMILES string of the molecule is O=c1n(CC2(c3ccccc3)OC2c2ccccc2)c(=O)n(CC2(c3ccccc3)OC2c2ccccc2)c(=O)n1CC1(c2ccccc2)OC1c1ccccc1. The highest BCUT2D eigenvalue weighted by Crippen LogP contribution is 2.60. The summed E-state index contributed by atoms with van der Waals surface area (Å²) in [4.78, 5) is 45.1. The topological polar surface area (TPSA) is 104 Å². The van der Waals surface area contributed by atoms with E-state index in [-0.39, 0.29) is 19.6 Å². The Labute approximate surface area is 328 Å². The molecule has 4 heterocycles. The number of benzene rings is 6. The Morgan fingerprint density at radius 3 is 0.772 bits per heavy atom. The second-order valence-corrected chi connectivity index (χ2v) is 15.1. The lowest BCUT2D eigenvalue weighted by molar-refractivity contribution is 0.229. The van der Waals surface area contributed by atoms with Gasteiger partial charge in [-0.2, -0.15) is 0 Å². The van der Waals surface area contributed by atoms with Gasteiger partial charge in [-0.3, -0.25) is 0 Å². The van der Waals surface area contributed by atoms with Crippen LogP contribution in [-0.4, -0.2) is 13.7 Å². The summed E-state index contributed by atoms with van der Waals surface area (Å²) in [6.45, 7) is -0.384. The molecule has 3 aliphatic rings. The van der Waals surface area contributed by atoms with Crippen LogP contribution in [0, 0.1) is 0 Å². The van der Waals surface area contributed by atoms with Crippen molar-refractivity contribution < 1.29 is 14.2 Å². The highest BCUT2D eigenvalue weighted by Gasteiger charge is 2.62. The predicted octanol–water partition coefficient (Wildman–Crippen LogP) is 7.17. The lowest BCUT2D eigenvalue weighted by Gasteiger charge is -2.22. The first-order valence-corrected chi connectivity index (χ1v) is 19.2. The average Bonchev–Trinajstić information content (AvgIpc) is 4.22. The summed E-state index contributed by atoms with van der Waals surface area (Å²) in [5.74, 6) is 0. The smallest absolute Gasteiger partial charge is 0.336 e. The molecule has 7 aromatic rings. The van der Waals surface area contributed by atoms with E-state index in [0.29, 0.717) is 0 Å². The summed E-state index contributed by atoms with van der Waals surface area (Å²) in [6.07, 6.45) is -1.30. The largest absolute Gasteiger partial charge is 0.354 e. The molecule has 9 heteroatoms. The van der Waals surface area contributed by atoms with Gasteiger partial charge in [-0.05, 0) is 33.4 Å². The Morgan fingerprint density at radius 2 is 0.544 bits per heavy atom. The number of epoxide rings is 3. The van der Waals surface area contributed by atoms with Crippen LogP contribution in [-0.2, 0) is 50.6 Å². The monoisotopic (exact) mass is 753 g/mol. The molecule has 3 fully saturated rings. The zero-order valence-corrected chi connectivity index (χ0v) is 31.0. The maximum atomic E-state index is 15.0. The van der Waals surface area contributed by atoms with E-state index in [1.165, 1.54) is 13.7 Å². The molecular weight excluding hydrogens is 715 g/mol. The highest BCUT2D eigenvalue weighted by atomic mass is 16.6. The van der Waals surface area contributed by atoms with E-state index in [0.717, 1.165) is 33.4 Å². The second-order valence-electron chi connectivity index (χ2n) is 15.1. The number of aromatic nitrogens is 3. The Kier molecular flexibility index (Phi) is 8.41. The van der Waals surface area contributed by atoms with Crippen LogP contribution in [0.2, 0.25) is 0 Å². The number of hydrogen-bond donors (Lipinski definition) is 0. The standard InChI is InChI=1S/C48H39N3O6/c52-43-49(31-46(37-25-13-4-14-26-37)40(55-46)34-19-7-1-8-20-34)44(53)51(33-48(39-29-17-6-18-30-39)42(57-48)36-23-11-3-12-24-36)45(54)50(43)32-47(38-27-15-5-16-28-38)41(56-47)35-21-9-2-10-22-35/h1-30,40-42H,31-33H2. The van der Waals surface area contributed by atoms with Crippen molar-refractivity contribution >= 4 is 0 Å². The lowest BCUT2D eigenvalue weighted by Crippen LogP contribution is -2.57. The van der Waals surface area contributed by atoms with Gasteiger partial charge >= 0.3 is 17.1 Å². The molecule has 9 nitrogen and oxygen atoms in total. The molecule has 1 aromatic heterocycles. The van der Waals surface area contributed by atoms with Gasteiger partial charge in [-0.25, -0.2) is 28.1 Å². The molecule has 0 amide bonds. The maximum Gasteiger partial charge on any atom is 0.336 e. The number of hydrogen-bond acceptors (Lipinski definition) is 6. The molecule has 57 heavy (non-hydrogen) atoms. The summed E-state index contributed by atoms with van der Waals surface area (Å²) in [7, 11) is 0. The lowest BCUT2D eigenvalue weighted by atomic mass is 9.91. The Balaban J connectivity index is 1.15. The van der Waals surface area contributed by atoms with Crippen LogP contribution in [0.15, 0.2) is 196 Å². The third-order valence-corrected chi connectivity index (χ3v) is 11.7. The van der Waals surface area contributed by atoms with Gasteiger partial charge in [-0.15, -0.1) is 0 Å². The van der Waals surface area contributed by atoms with Crippen molar-refractivity contribution in [3.8, 4) is 0 Å². The zero-order valence-electron chi connectivity index (χ0n) is 31.0. The van der Waals surface area contributed by atoms with E-state index in [1.807, 2.05) is 182 Å². The minimum absolute atomic E-state index is 0.128. The molecule has 6 aromatic carbocycles. The van der Waals surface area contributed by atoms with E-state index in [4.69, 9.17) is 14.2 Å². The van der Waals surface area contributed by atoms with Crippen LogP contribution in [0.4, 0.5) is 0 Å². The number of ether oxygens (including phenoxy) is 3. The van der Waals surface area contributed by atoms with Gasteiger partial charge < -0.3 is 14.2 Å². The van der Waals surface area contributed by atoms with E-state index in [9.17, 15) is 0 Å². The zero-order chi connectivity index (χ0) is 38.6. The molecule has 0 radical (unpaired) electrons. The number of rotatable bonds is 12. The van der Waals surface area contributed by atoms with Crippen molar-refractivity contribution in [2.24, 2.45) is 0 Å². The molecule has 0 spiro atoms. The fourth-order valence-electron chi connectivity index (χ4n) is 8.67. The van der Waals surface area contributed by atoms with Gasteiger partial charge in [-0.1, -0.05) is 182 Å². The third kappa shape index (κ3) is 5.94. The van der Waals surface area contributed by atoms with Crippen molar-refractivity contribution in [2.45, 2.75) is 54.7 Å². The Morgan fingerprint density at radius 1 is 0.333 bits per heavy atom. The van der Waals surface area contributed by atoms with E-state index in [1.54, 1.807) is 0 Å². The maximum absolute atomic E-state index is 15.0. The molecule has 282 valence electrons. The molecule has 10 rings (SSSR count). The molecule has 3 saturated heterocycles. The summed E-state index contributed by atoms with van der Waals surface area (Å²) in [5, 5.41) is 0. The van der Waals surface area contributed by atoms with Crippen LogP contribution in [0.25, 0.3) is 0 Å². The van der Waals surface area contributed by atoms with Crippen LogP contribution in [0.1, 0.15) is 51.7 Å². The summed E-state index contributed by atoms with van der Waals surface area (Å²) < 4.78 is 23.2. The summed E-state index contributed by atoms with van der Waals surface area (Å²) in [6, 6.07) is 58.2. The van der Waals surface area contributed by atoms with Crippen LogP contribution >= 0.6 is 0 Å². The van der Waals surface area contributed by atoms with Crippen molar-refractivity contribution in [1.29, 1.82) is 0 Å². The Hall–Kier alpha value is -6.39. The van der Waals surface area contributed by atoms with Crippen molar-refractivity contribution in [3.63, 3.8) is 0 Å². The molecule has 0 aliphatic carbocycles. The molecule has 3 aliphatic heterocycles. The van der Waals surface area contributed by atoms with Gasteiger partial charge in [0, 0.05) is 0 Å². The third-order valence-electron chi connectivity index (χ3n) is 11.7. The van der Waals surface area contributed by atoms with Gasteiger partial charge in [0.2, 0.25) is 0 Å². The van der Waals surface area contributed by atoms with Crippen molar-refractivity contribution in [1.82, 2.24) is 13.7 Å². The van der Waals surface area contributed by atoms with Crippen LogP contribution in [0.3, 0.4) is 0 Å². The van der Waals surface area contributed by atoms with Crippen LogP contribution in [0.5, 0.6) is 0 Å². The molecule has 0 saturated carbocycles. The van der Waals surface area contributed by atoms with Crippen molar-refractivity contribution in [2.75, 3.05) is 0 Å². The fraction of sp³-hybridized carbons (Fsp3) is 0.188. The molecule has 0 bridgehead atoms. The minimum Gasteiger partial charge on any atom is -0.354 e. The highest BCUT2D eigenvalue weighted by molar-refractivity contribution is 5.39. The molecular formula is C48H39N3O6. The summed E-state index contributed by atoms with van der Waals surface area (Å²) >= 11 is 0. The first-order valence-electron chi connectivity index (χ1n) is 19.2. The quantitative estimate of drug-likeness (QED) is 0.123. The van der Waals surface area contributed by atoms with E-state index >= 15 is 14.4 Å². The Bertz CT molecular complexity index is 2390. The fourth-order valence-corrected chi connectivity index (χ4v) is 8.67. The van der Waals surface area contributed by atoms with Gasteiger partial charge in [0.1, 0.15) is 35.1 Å². The van der Waals surface area contributed by atoms with Gasteiger partial charge in [0.15, 0.2) is 0 Å². The van der Waals surface area contributed by atoms with Crippen molar-refractivity contribution in [3.05, 3.63) is 247 Å².